The van der Waals surface area contributed by atoms with Crippen LogP contribution in [0, 0.1) is 0 Å². The zero-order valence-corrected chi connectivity index (χ0v) is 14.7. The van der Waals surface area contributed by atoms with Crippen LogP contribution in [-0.4, -0.2) is 30.1 Å². The van der Waals surface area contributed by atoms with E-state index in [2.05, 4.69) is 10.3 Å². The van der Waals surface area contributed by atoms with E-state index in [-0.39, 0.29) is 12.5 Å². The number of ether oxygens (including phenoxy) is 2. The molecule has 0 saturated carbocycles. The van der Waals surface area contributed by atoms with Gasteiger partial charge in [-0.3, -0.25) is 4.79 Å². The Kier molecular flexibility index (Phi) is 6.77. The van der Waals surface area contributed by atoms with E-state index in [0.29, 0.717) is 16.6 Å². The number of benzene rings is 1. The molecule has 132 valence electrons. The van der Waals surface area contributed by atoms with Crippen LogP contribution in [0.2, 0.25) is 5.02 Å². The number of rotatable bonds is 7. The molecule has 0 saturated heterocycles. The Morgan fingerprint density at radius 2 is 1.92 bits per heavy atom. The number of halogens is 1. The summed E-state index contributed by atoms with van der Waals surface area (Å²) in [6.07, 6.45) is 1.41. The molecule has 0 aliphatic heterocycles. The number of esters is 1. The molecule has 0 aliphatic carbocycles. The number of carbonyl (C=O) groups is 2. The summed E-state index contributed by atoms with van der Waals surface area (Å²) in [4.78, 5) is 27.4. The fourth-order valence-electron chi connectivity index (χ4n) is 2.04. The Morgan fingerprint density at radius 3 is 2.60 bits per heavy atom. The fourth-order valence-corrected chi connectivity index (χ4v) is 2.15. The largest absolute Gasteiger partial charge is 0.482 e. The van der Waals surface area contributed by atoms with Crippen LogP contribution in [-0.2, 0) is 14.3 Å². The van der Waals surface area contributed by atoms with Gasteiger partial charge in [0.25, 0.3) is 5.91 Å². The van der Waals surface area contributed by atoms with Gasteiger partial charge >= 0.3 is 5.97 Å². The maximum Gasteiger partial charge on any atom is 0.344 e. The molecule has 2 rings (SSSR count). The van der Waals surface area contributed by atoms with Gasteiger partial charge in [-0.05, 0) is 29.7 Å². The second-order valence-corrected chi connectivity index (χ2v) is 5.99. The Bertz CT molecular complexity index is 732. The highest BCUT2D eigenvalue weighted by Crippen LogP contribution is 2.25. The lowest BCUT2D eigenvalue weighted by atomic mass is 10.0. The van der Waals surface area contributed by atoms with Crippen molar-refractivity contribution in [1.82, 2.24) is 4.98 Å². The highest BCUT2D eigenvalue weighted by atomic mass is 35.5. The molecule has 1 aromatic heterocycles. The molecule has 6 nitrogen and oxygen atoms in total. The Morgan fingerprint density at radius 1 is 1.16 bits per heavy atom. The molecule has 0 aliphatic rings. The van der Waals surface area contributed by atoms with Crippen molar-refractivity contribution in [2.45, 2.75) is 19.8 Å². The van der Waals surface area contributed by atoms with Crippen molar-refractivity contribution in [3.63, 3.8) is 0 Å². The molecule has 1 amide bonds. The van der Waals surface area contributed by atoms with Gasteiger partial charge in [0.05, 0.1) is 5.02 Å². The lowest BCUT2D eigenvalue weighted by Gasteiger charge is -2.13. The highest BCUT2D eigenvalue weighted by molar-refractivity contribution is 6.30. The van der Waals surface area contributed by atoms with Crippen LogP contribution < -0.4 is 10.1 Å². The van der Waals surface area contributed by atoms with Crippen LogP contribution in [0.25, 0.3) is 0 Å². The van der Waals surface area contributed by atoms with Gasteiger partial charge < -0.3 is 14.8 Å². The summed E-state index contributed by atoms with van der Waals surface area (Å²) in [6.45, 7) is 3.39. The molecule has 0 fully saturated rings. The van der Waals surface area contributed by atoms with Gasteiger partial charge in [-0.2, -0.15) is 0 Å². The van der Waals surface area contributed by atoms with Crippen molar-refractivity contribution in [3.05, 3.63) is 53.2 Å². The molecule has 25 heavy (non-hydrogen) atoms. The van der Waals surface area contributed by atoms with Gasteiger partial charge in [-0.25, -0.2) is 9.78 Å². The van der Waals surface area contributed by atoms with E-state index in [4.69, 9.17) is 21.1 Å². The summed E-state index contributed by atoms with van der Waals surface area (Å²) in [5, 5.41) is 2.96. The average Bonchev–Trinajstić information content (AvgIpc) is 2.60. The Hall–Kier alpha value is -2.60. The molecule has 0 atom stereocenters. The number of pyridine rings is 1. The standard InChI is InChI=1S/C18H19ClN2O4/c1-12(2)14-5-3-4-6-15(14)24-11-18(23)25-10-17(22)21-16-8-7-13(19)9-20-16/h3-9,12H,10-11H2,1-2H3,(H,20,21,22). The molecular formula is C18H19ClN2O4. The number of nitrogens with one attached hydrogen (secondary N) is 1. The summed E-state index contributed by atoms with van der Waals surface area (Å²) < 4.78 is 10.4. The van der Waals surface area contributed by atoms with Crippen molar-refractivity contribution in [2.75, 3.05) is 18.5 Å². The van der Waals surface area contributed by atoms with Gasteiger partial charge in [0.15, 0.2) is 13.2 Å². The lowest BCUT2D eigenvalue weighted by molar-refractivity contribution is -0.149. The summed E-state index contributed by atoms with van der Waals surface area (Å²) in [5.41, 5.74) is 1.00. The van der Waals surface area contributed by atoms with E-state index in [1.807, 2.05) is 32.0 Å². The number of carbonyl (C=O) groups excluding carboxylic acids is 2. The minimum atomic E-state index is -0.627. The molecule has 2 aromatic rings. The minimum absolute atomic E-state index is 0.268. The number of hydrogen-bond donors (Lipinski definition) is 1. The third-order valence-electron chi connectivity index (χ3n) is 3.25. The summed E-state index contributed by atoms with van der Waals surface area (Å²) in [6, 6.07) is 10.6. The Labute approximate surface area is 151 Å². The first-order valence-electron chi connectivity index (χ1n) is 7.74. The van der Waals surface area contributed by atoms with Crippen LogP contribution in [0.3, 0.4) is 0 Å². The third-order valence-corrected chi connectivity index (χ3v) is 3.47. The van der Waals surface area contributed by atoms with Crippen LogP contribution in [0.15, 0.2) is 42.6 Å². The number of para-hydroxylation sites is 1. The maximum atomic E-state index is 11.7. The first-order chi connectivity index (χ1) is 12.0. The second-order valence-electron chi connectivity index (χ2n) is 5.55. The van der Waals surface area contributed by atoms with Crippen LogP contribution in [0.1, 0.15) is 25.3 Å². The molecule has 0 unspecified atom stereocenters. The van der Waals surface area contributed by atoms with Gasteiger partial charge in [0.2, 0.25) is 0 Å². The van der Waals surface area contributed by atoms with Gasteiger partial charge in [-0.15, -0.1) is 0 Å². The Balaban J connectivity index is 1.77. The van der Waals surface area contributed by atoms with E-state index in [1.165, 1.54) is 6.20 Å². The number of amides is 1. The first-order valence-corrected chi connectivity index (χ1v) is 8.12. The highest BCUT2D eigenvalue weighted by Gasteiger charge is 2.12. The first kappa shape index (κ1) is 18.7. The predicted molar refractivity (Wildman–Crippen MR) is 94.9 cm³/mol. The number of nitrogens with zero attached hydrogens (tertiary/aromatic N) is 1. The van der Waals surface area contributed by atoms with E-state index >= 15 is 0 Å². The maximum absolute atomic E-state index is 11.7. The average molecular weight is 363 g/mol. The predicted octanol–water partition coefficient (Wildman–Crippen LogP) is 3.42. The van der Waals surface area contributed by atoms with E-state index < -0.39 is 18.5 Å². The molecule has 1 N–H and O–H groups in total. The minimum Gasteiger partial charge on any atom is -0.482 e. The van der Waals surface area contributed by atoms with Crippen molar-refractivity contribution in [1.29, 1.82) is 0 Å². The number of hydrogen-bond acceptors (Lipinski definition) is 5. The second kappa shape index (κ2) is 9.03. The molecule has 1 heterocycles. The van der Waals surface area contributed by atoms with Gasteiger partial charge in [0.1, 0.15) is 11.6 Å². The van der Waals surface area contributed by atoms with Crippen LogP contribution >= 0.6 is 11.6 Å². The fraction of sp³-hybridized carbons (Fsp3) is 0.278. The van der Waals surface area contributed by atoms with Crippen molar-refractivity contribution < 1.29 is 19.1 Å². The zero-order chi connectivity index (χ0) is 18.2. The van der Waals surface area contributed by atoms with E-state index in [0.717, 1.165) is 5.56 Å². The molecule has 1 aromatic carbocycles. The van der Waals surface area contributed by atoms with Gasteiger partial charge in [-0.1, -0.05) is 43.6 Å². The van der Waals surface area contributed by atoms with Crippen LogP contribution in [0.4, 0.5) is 5.82 Å². The summed E-state index contributed by atoms with van der Waals surface area (Å²) in [7, 11) is 0. The number of aromatic nitrogens is 1. The quantitative estimate of drug-likeness (QED) is 0.763. The summed E-state index contributed by atoms with van der Waals surface area (Å²) >= 11 is 5.71. The topological polar surface area (TPSA) is 77.5 Å². The zero-order valence-electron chi connectivity index (χ0n) is 14.0. The lowest BCUT2D eigenvalue weighted by Crippen LogP contribution is -2.24. The molecule has 0 spiro atoms. The summed E-state index contributed by atoms with van der Waals surface area (Å²) in [5.74, 6) is 0.102. The number of anilines is 1. The van der Waals surface area contributed by atoms with Crippen molar-refractivity contribution in [2.24, 2.45) is 0 Å². The van der Waals surface area contributed by atoms with Crippen LogP contribution in [0.5, 0.6) is 5.75 Å². The smallest absolute Gasteiger partial charge is 0.344 e. The third kappa shape index (κ3) is 6.08. The molecule has 0 bridgehead atoms. The SMILES string of the molecule is CC(C)c1ccccc1OCC(=O)OCC(=O)Nc1ccc(Cl)cn1. The molecular weight excluding hydrogens is 344 g/mol. The normalized spacial score (nSPS) is 10.4. The molecule has 0 radical (unpaired) electrons. The monoisotopic (exact) mass is 362 g/mol. The van der Waals surface area contributed by atoms with E-state index in [1.54, 1.807) is 18.2 Å². The van der Waals surface area contributed by atoms with Crippen molar-refractivity contribution in [3.8, 4) is 5.75 Å². The van der Waals surface area contributed by atoms with Gasteiger partial charge in [0, 0.05) is 6.20 Å². The molecule has 7 heteroatoms. The van der Waals surface area contributed by atoms with E-state index in [9.17, 15) is 9.59 Å². The van der Waals surface area contributed by atoms with Crippen molar-refractivity contribution >= 4 is 29.3 Å².